The zero-order valence-electron chi connectivity index (χ0n) is 13.2. The van der Waals surface area contributed by atoms with Gasteiger partial charge in [0.15, 0.2) is 0 Å². The molecule has 7 heteroatoms. The molecule has 3 rings (SSSR count). The lowest BCUT2D eigenvalue weighted by Gasteiger charge is -2.07. The number of nitrogens with one attached hydrogen (secondary N) is 3. The third-order valence-corrected chi connectivity index (χ3v) is 4.25. The molecule has 6 nitrogen and oxygen atoms in total. The lowest BCUT2D eigenvalue weighted by Crippen LogP contribution is -2.45. The number of carbonyl (C=O) groups is 3. The molecule has 0 atom stereocenters. The van der Waals surface area contributed by atoms with Crippen molar-refractivity contribution < 1.29 is 14.4 Å². The molecule has 3 N–H and O–H groups in total. The molecule has 0 spiro atoms. The molecule has 0 saturated heterocycles. The monoisotopic (exact) mass is 399 g/mol. The number of Topliss-reactive ketones (excluding diaryl/α,β-unsaturated/α-hetero) is 1. The maximum Gasteiger partial charge on any atom is 0.310 e. The van der Waals surface area contributed by atoms with Gasteiger partial charge in [-0.1, -0.05) is 34.1 Å². The zero-order chi connectivity index (χ0) is 18.0. The highest BCUT2D eigenvalue weighted by Gasteiger charge is 2.23. The van der Waals surface area contributed by atoms with Gasteiger partial charge in [-0.25, -0.2) is 0 Å². The van der Waals surface area contributed by atoms with Crippen molar-refractivity contribution in [2.45, 2.75) is 6.92 Å². The fraction of sp³-hybridized carbons (Fsp3) is 0.0556. The van der Waals surface area contributed by atoms with Crippen LogP contribution in [0, 0.1) is 6.92 Å². The van der Waals surface area contributed by atoms with Crippen LogP contribution in [0.3, 0.4) is 0 Å². The normalized spacial score (nSPS) is 10.5. The van der Waals surface area contributed by atoms with Crippen molar-refractivity contribution in [1.82, 2.24) is 15.8 Å². The highest BCUT2D eigenvalue weighted by atomic mass is 79.9. The molecule has 25 heavy (non-hydrogen) atoms. The Kier molecular flexibility index (Phi) is 4.67. The number of ketones is 1. The number of aryl methyl sites for hydroxylation is 1. The van der Waals surface area contributed by atoms with Crippen molar-refractivity contribution in [2.24, 2.45) is 0 Å². The van der Waals surface area contributed by atoms with Gasteiger partial charge in [-0.05, 0) is 37.3 Å². The number of hydrogen-bond acceptors (Lipinski definition) is 3. The van der Waals surface area contributed by atoms with Crippen LogP contribution in [0.15, 0.2) is 53.0 Å². The van der Waals surface area contributed by atoms with Gasteiger partial charge in [0.1, 0.15) is 0 Å². The first-order chi connectivity index (χ1) is 12.0. The summed E-state index contributed by atoms with van der Waals surface area (Å²) in [6.45, 7) is 1.72. The van der Waals surface area contributed by atoms with E-state index in [1.807, 2.05) is 12.1 Å². The van der Waals surface area contributed by atoms with E-state index in [9.17, 15) is 14.4 Å². The van der Waals surface area contributed by atoms with Crippen LogP contribution in [-0.4, -0.2) is 22.6 Å². The predicted octanol–water partition coefficient (Wildman–Crippen LogP) is 2.88. The summed E-state index contributed by atoms with van der Waals surface area (Å²) in [5, 5.41) is 0.666. The average molecular weight is 400 g/mol. The second-order valence-corrected chi connectivity index (χ2v) is 6.33. The number of rotatable bonds is 3. The van der Waals surface area contributed by atoms with Crippen molar-refractivity contribution in [2.75, 3.05) is 0 Å². The smallest absolute Gasteiger partial charge is 0.310 e. The molecule has 3 aromatic rings. The Hall–Kier alpha value is -2.93. The molecule has 0 fully saturated rings. The molecule has 0 bridgehead atoms. The first kappa shape index (κ1) is 16.9. The van der Waals surface area contributed by atoms with Crippen molar-refractivity contribution in [3.05, 3.63) is 69.8 Å². The Morgan fingerprint density at radius 1 is 0.960 bits per heavy atom. The second-order valence-electron chi connectivity index (χ2n) is 5.41. The molecule has 0 radical (unpaired) electrons. The lowest BCUT2D eigenvalue weighted by atomic mass is 10.1. The molecular formula is C18H14BrN3O3. The van der Waals surface area contributed by atoms with Crippen LogP contribution in [0.1, 0.15) is 26.4 Å². The molecule has 0 aliphatic carbocycles. The van der Waals surface area contributed by atoms with Gasteiger partial charge in [-0.15, -0.1) is 0 Å². The van der Waals surface area contributed by atoms with Gasteiger partial charge in [-0.3, -0.25) is 25.2 Å². The van der Waals surface area contributed by atoms with Crippen molar-refractivity contribution in [1.29, 1.82) is 0 Å². The van der Waals surface area contributed by atoms with Crippen LogP contribution in [0.25, 0.3) is 10.9 Å². The highest BCUT2D eigenvalue weighted by molar-refractivity contribution is 9.10. The van der Waals surface area contributed by atoms with Crippen LogP contribution in [0.2, 0.25) is 0 Å². The number of benzene rings is 2. The van der Waals surface area contributed by atoms with Gasteiger partial charge < -0.3 is 4.98 Å². The molecular weight excluding hydrogens is 386 g/mol. The van der Waals surface area contributed by atoms with Crippen LogP contribution in [0.4, 0.5) is 0 Å². The number of aromatic amines is 1. The van der Waals surface area contributed by atoms with Crippen LogP contribution in [0.5, 0.6) is 0 Å². The van der Waals surface area contributed by atoms with E-state index in [-0.39, 0.29) is 0 Å². The molecule has 0 aliphatic heterocycles. The van der Waals surface area contributed by atoms with Gasteiger partial charge in [0.05, 0.1) is 5.56 Å². The number of carbonyl (C=O) groups excluding carboxylic acids is 3. The van der Waals surface area contributed by atoms with Gasteiger partial charge in [-0.2, -0.15) is 0 Å². The number of hydrogen-bond donors (Lipinski definition) is 3. The zero-order valence-corrected chi connectivity index (χ0v) is 14.8. The third-order valence-electron chi connectivity index (χ3n) is 3.72. The summed E-state index contributed by atoms with van der Waals surface area (Å²) < 4.78 is 0.832. The van der Waals surface area contributed by atoms with E-state index in [1.165, 1.54) is 0 Å². The average Bonchev–Trinajstić information content (AvgIpc) is 2.95. The van der Waals surface area contributed by atoms with Crippen molar-refractivity contribution >= 4 is 44.4 Å². The lowest BCUT2D eigenvalue weighted by molar-refractivity contribution is -0.117. The maximum atomic E-state index is 12.4. The van der Waals surface area contributed by atoms with Crippen molar-refractivity contribution in [3.8, 4) is 0 Å². The van der Waals surface area contributed by atoms with E-state index >= 15 is 0 Å². The van der Waals surface area contributed by atoms with Crippen LogP contribution < -0.4 is 10.9 Å². The van der Waals surface area contributed by atoms with Gasteiger partial charge in [0, 0.05) is 26.6 Å². The molecule has 126 valence electrons. The largest absolute Gasteiger partial charge is 0.358 e. The Morgan fingerprint density at radius 2 is 1.64 bits per heavy atom. The standard InChI is InChI=1S/C18H14BrN3O3/c1-10-15(13-4-2-3-5-14(13)20-10)16(23)18(25)22-21-17(24)11-6-8-12(19)9-7-11/h2-9,20H,1H3,(H,21,24)(H,22,25). The Labute approximate surface area is 151 Å². The quantitative estimate of drug-likeness (QED) is 0.359. The van der Waals surface area contributed by atoms with E-state index < -0.39 is 17.6 Å². The molecule has 1 aromatic heterocycles. The molecule has 2 amide bonds. The number of halogens is 1. The number of H-pyrrole nitrogens is 1. The highest BCUT2D eigenvalue weighted by Crippen LogP contribution is 2.22. The van der Waals surface area contributed by atoms with Crippen LogP contribution >= 0.6 is 15.9 Å². The minimum absolute atomic E-state index is 0.297. The molecule has 1 heterocycles. The van der Waals surface area contributed by atoms with E-state index in [0.29, 0.717) is 22.2 Å². The van der Waals surface area contributed by atoms with E-state index in [0.717, 1.165) is 9.99 Å². The minimum Gasteiger partial charge on any atom is -0.358 e. The van der Waals surface area contributed by atoms with Crippen LogP contribution in [-0.2, 0) is 4.79 Å². The third kappa shape index (κ3) is 3.46. The van der Waals surface area contributed by atoms with E-state index in [2.05, 4.69) is 31.8 Å². The molecule has 0 unspecified atom stereocenters. The summed E-state index contributed by atoms with van der Waals surface area (Å²) in [5.74, 6) is -2.13. The Balaban J connectivity index is 1.72. The SMILES string of the molecule is Cc1[nH]c2ccccc2c1C(=O)C(=O)NNC(=O)c1ccc(Br)cc1. The number of amides is 2. The Morgan fingerprint density at radius 3 is 2.36 bits per heavy atom. The first-order valence-electron chi connectivity index (χ1n) is 7.45. The topological polar surface area (TPSA) is 91.1 Å². The number of aromatic nitrogens is 1. The van der Waals surface area contributed by atoms with E-state index in [1.54, 1.807) is 43.3 Å². The fourth-order valence-electron chi connectivity index (χ4n) is 2.53. The number of fused-ring (bicyclic) bond motifs is 1. The predicted molar refractivity (Wildman–Crippen MR) is 97.1 cm³/mol. The Bertz CT molecular complexity index is 977. The van der Waals surface area contributed by atoms with Crippen molar-refractivity contribution in [3.63, 3.8) is 0 Å². The fourth-order valence-corrected chi connectivity index (χ4v) is 2.79. The summed E-state index contributed by atoms with van der Waals surface area (Å²) >= 11 is 3.28. The molecule has 0 saturated carbocycles. The first-order valence-corrected chi connectivity index (χ1v) is 8.24. The van der Waals surface area contributed by atoms with Gasteiger partial charge in [0.25, 0.3) is 11.7 Å². The molecule has 0 aliphatic rings. The summed E-state index contributed by atoms with van der Waals surface area (Å²) in [6, 6.07) is 13.8. The number of para-hydroxylation sites is 1. The summed E-state index contributed by atoms with van der Waals surface area (Å²) in [5.41, 5.74) is 6.43. The number of hydrazine groups is 1. The van der Waals surface area contributed by atoms with Gasteiger partial charge >= 0.3 is 5.91 Å². The maximum absolute atomic E-state index is 12.4. The summed E-state index contributed by atoms with van der Waals surface area (Å²) in [7, 11) is 0. The summed E-state index contributed by atoms with van der Waals surface area (Å²) in [4.78, 5) is 39.6. The second kappa shape index (κ2) is 6.90. The minimum atomic E-state index is -0.904. The van der Waals surface area contributed by atoms with E-state index in [4.69, 9.17) is 0 Å². The summed E-state index contributed by atoms with van der Waals surface area (Å²) in [6.07, 6.45) is 0. The molecule has 2 aromatic carbocycles. The van der Waals surface area contributed by atoms with Gasteiger partial charge in [0.2, 0.25) is 0 Å².